The van der Waals surface area contributed by atoms with Crippen LogP contribution < -0.4 is 16.0 Å². The molecule has 1 fully saturated rings. The van der Waals surface area contributed by atoms with Gasteiger partial charge in [-0.15, -0.1) is 0 Å². The predicted octanol–water partition coefficient (Wildman–Crippen LogP) is 1.49. The lowest BCUT2D eigenvalue weighted by Gasteiger charge is -2.19. The molecule has 3 N–H and O–H groups in total. The van der Waals surface area contributed by atoms with Gasteiger partial charge in [0.25, 0.3) is 0 Å². The highest BCUT2D eigenvalue weighted by Crippen LogP contribution is 2.35. The number of hydrogen-bond acceptors (Lipinski definition) is 5. The standard InChI is InChI=1S/C10H14F3N5/c1-15-7-4-8(17-9(14)16-7)18-3-2-6(5-18)10(11,12)13/h4,6H,2-3,5H2,1H3,(H3,14,15,16,17). The lowest BCUT2D eigenvalue weighted by atomic mass is 10.1. The number of alkyl halides is 3. The van der Waals surface area contributed by atoms with Gasteiger partial charge in [0.15, 0.2) is 0 Å². The Morgan fingerprint density at radius 2 is 2.17 bits per heavy atom. The molecule has 8 heteroatoms. The Morgan fingerprint density at radius 1 is 1.44 bits per heavy atom. The van der Waals surface area contributed by atoms with Gasteiger partial charge in [-0.3, -0.25) is 0 Å². The molecule has 0 bridgehead atoms. The van der Waals surface area contributed by atoms with Crippen molar-refractivity contribution in [3.8, 4) is 0 Å². The molecule has 1 aliphatic rings. The van der Waals surface area contributed by atoms with E-state index in [9.17, 15) is 13.2 Å². The molecule has 2 rings (SSSR count). The lowest BCUT2D eigenvalue weighted by molar-refractivity contribution is -0.168. The first-order valence-electron chi connectivity index (χ1n) is 5.54. The van der Waals surface area contributed by atoms with Crippen LogP contribution in [0.4, 0.5) is 30.8 Å². The van der Waals surface area contributed by atoms with E-state index in [1.54, 1.807) is 18.0 Å². The molecule has 0 amide bonds. The molecule has 1 aromatic heterocycles. The van der Waals surface area contributed by atoms with Gasteiger partial charge in [0.1, 0.15) is 11.6 Å². The molecule has 0 aromatic carbocycles. The first-order valence-corrected chi connectivity index (χ1v) is 5.54. The molecule has 0 saturated carbocycles. The average Bonchev–Trinajstić information content (AvgIpc) is 2.77. The predicted molar refractivity (Wildman–Crippen MR) is 62.4 cm³/mol. The van der Waals surface area contributed by atoms with E-state index in [0.717, 1.165) is 0 Å². The fourth-order valence-corrected chi connectivity index (χ4v) is 1.98. The van der Waals surface area contributed by atoms with Crippen LogP contribution >= 0.6 is 0 Å². The maximum atomic E-state index is 12.6. The number of halogens is 3. The van der Waals surface area contributed by atoms with E-state index in [0.29, 0.717) is 18.2 Å². The van der Waals surface area contributed by atoms with Gasteiger partial charge in [0.05, 0.1) is 5.92 Å². The molecule has 18 heavy (non-hydrogen) atoms. The van der Waals surface area contributed by atoms with Crippen LogP contribution in [0.3, 0.4) is 0 Å². The molecule has 0 aliphatic carbocycles. The Morgan fingerprint density at radius 3 is 2.72 bits per heavy atom. The van der Waals surface area contributed by atoms with Crippen molar-refractivity contribution in [3.63, 3.8) is 0 Å². The number of aromatic nitrogens is 2. The Balaban J connectivity index is 2.16. The second-order valence-electron chi connectivity index (χ2n) is 4.19. The van der Waals surface area contributed by atoms with Gasteiger partial charge in [0, 0.05) is 26.2 Å². The molecule has 5 nitrogen and oxygen atoms in total. The van der Waals surface area contributed by atoms with Crippen LogP contribution in [0.1, 0.15) is 6.42 Å². The summed E-state index contributed by atoms with van der Waals surface area (Å²) in [5, 5.41) is 2.79. The summed E-state index contributed by atoms with van der Waals surface area (Å²) >= 11 is 0. The average molecular weight is 261 g/mol. The van der Waals surface area contributed by atoms with E-state index < -0.39 is 12.1 Å². The summed E-state index contributed by atoms with van der Waals surface area (Å²) in [6, 6.07) is 1.59. The number of nitrogens with two attached hydrogens (primary N) is 1. The fourth-order valence-electron chi connectivity index (χ4n) is 1.98. The third-order valence-electron chi connectivity index (χ3n) is 2.96. The van der Waals surface area contributed by atoms with Crippen molar-refractivity contribution in [2.45, 2.75) is 12.6 Å². The SMILES string of the molecule is CNc1cc(N2CCC(C(F)(F)F)C2)nc(N)n1. The van der Waals surface area contributed by atoms with Crippen molar-refractivity contribution in [1.29, 1.82) is 0 Å². The number of nitrogen functional groups attached to an aromatic ring is 1. The highest BCUT2D eigenvalue weighted by Gasteiger charge is 2.43. The van der Waals surface area contributed by atoms with Crippen LogP contribution in [0.25, 0.3) is 0 Å². The maximum Gasteiger partial charge on any atom is 0.393 e. The minimum absolute atomic E-state index is 0.0484. The number of nitrogens with zero attached hydrogens (tertiary/aromatic N) is 3. The number of nitrogens with one attached hydrogen (secondary N) is 1. The van der Waals surface area contributed by atoms with Gasteiger partial charge >= 0.3 is 6.18 Å². The van der Waals surface area contributed by atoms with Gasteiger partial charge in [0.2, 0.25) is 5.95 Å². The van der Waals surface area contributed by atoms with Gasteiger partial charge in [-0.25, -0.2) is 0 Å². The summed E-state index contributed by atoms with van der Waals surface area (Å²) in [5.74, 6) is -0.328. The third-order valence-corrected chi connectivity index (χ3v) is 2.96. The van der Waals surface area contributed by atoms with E-state index in [1.165, 1.54) is 0 Å². The topological polar surface area (TPSA) is 67.1 Å². The second-order valence-corrected chi connectivity index (χ2v) is 4.19. The quantitative estimate of drug-likeness (QED) is 0.844. The number of rotatable bonds is 2. The molecule has 1 atom stereocenters. The zero-order valence-corrected chi connectivity index (χ0v) is 9.83. The summed E-state index contributed by atoms with van der Waals surface area (Å²) in [6.45, 7) is 0.243. The van der Waals surface area contributed by atoms with E-state index in [1.807, 2.05) is 0 Å². The highest BCUT2D eigenvalue weighted by atomic mass is 19.4. The minimum atomic E-state index is -4.15. The molecule has 100 valence electrons. The Hall–Kier alpha value is -1.73. The number of anilines is 3. The minimum Gasteiger partial charge on any atom is -0.373 e. The summed E-state index contributed by atoms with van der Waals surface area (Å²) < 4.78 is 37.7. The molecule has 1 unspecified atom stereocenters. The van der Waals surface area contributed by atoms with E-state index in [-0.39, 0.29) is 18.9 Å². The van der Waals surface area contributed by atoms with Crippen molar-refractivity contribution in [2.75, 3.05) is 36.1 Å². The third kappa shape index (κ3) is 2.57. The highest BCUT2D eigenvalue weighted by molar-refractivity contribution is 5.52. The largest absolute Gasteiger partial charge is 0.393 e. The zero-order chi connectivity index (χ0) is 13.3. The van der Waals surface area contributed by atoms with Gasteiger partial charge in [-0.2, -0.15) is 23.1 Å². The van der Waals surface area contributed by atoms with Crippen LogP contribution in [0.5, 0.6) is 0 Å². The summed E-state index contributed by atoms with van der Waals surface area (Å²) in [4.78, 5) is 9.44. The lowest BCUT2D eigenvalue weighted by Crippen LogP contribution is -2.28. The summed E-state index contributed by atoms with van der Waals surface area (Å²) in [5.41, 5.74) is 5.51. The monoisotopic (exact) mass is 261 g/mol. The van der Waals surface area contributed by atoms with Crippen molar-refractivity contribution in [3.05, 3.63) is 6.07 Å². The molecule has 1 saturated heterocycles. The van der Waals surface area contributed by atoms with Crippen LogP contribution in [-0.2, 0) is 0 Å². The first kappa shape index (κ1) is 12.7. The Bertz CT molecular complexity index is 434. The van der Waals surface area contributed by atoms with Crippen molar-refractivity contribution >= 4 is 17.6 Å². The van der Waals surface area contributed by atoms with Crippen LogP contribution in [-0.4, -0.2) is 36.3 Å². The van der Waals surface area contributed by atoms with Gasteiger partial charge in [-0.1, -0.05) is 0 Å². The molecular weight excluding hydrogens is 247 g/mol. The smallest absolute Gasteiger partial charge is 0.373 e. The van der Waals surface area contributed by atoms with Crippen LogP contribution in [0.15, 0.2) is 6.07 Å². The van der Waals surface area contributed by atoms with Gasteiger partial charge < -0.3 is 16.0 Å². The van der Waals surface area contributed by atoms with Crippen molar-refractivity contribution in [1.82, 2.24) is 9.97 Å². The first-order chi connectivity index (χ1) is 8.40. The maximum absolute atomic E-state index is 12.6. The Labute approximate surface area is 102 Å². The Kier molecular flexibility index (Phi) is 3.18. The van der Waals surface area contributed by atoms with Crippen LogP contribution in [0, 0.1) is 5.92 Å². The second kappa shape index (κ2) is 4.51. The molecule has 0 radical (unpaired) electrons. The zero-order valence-electron chi connectivity index (χ0n) is 9.83. The van der Waals surface area contributed by atoms with E-state index >= 15 is 0 Å². The van der Waals surface area contributed by atoms with Crippen molar-refractivity contribution in [2.24, 2.45) is 5.92 Å². The molecule has 0 spiro atoms. The van der Waals surface area contributed by atoms with Crippen molar-refractivity contribution < 1.29 is 13.2 Å². The van der Waals surface area contributed by atoms with E-state index in [2.05, 4.69) is 15.3 Å². The molecule has 2 heterocycles. The summed E-state index contributed by atoms with van der Waals surface area (Å²) in [6.07, 6.45) is -4.07. The summed E-state index contributed by atoms with van der Waals surface area (Å²) in [7, 11) is 1.66. The normalized spacial score (nSPS) is 20.2. The van der Waals surface area contributed by atoms with Crippen LogP contribution in [0.2, 0.25) is 0 Å². The number of hydrogen-bond donors (Lipinski definition) is 2. The fraction of sp³-hybridized carbons (Fsp3) is 0.600. The molecule has 1 aromatic rings. The molecular formula is C10H14F3N5. The molecule has 1 aliphatic heterocycles. The van der Waals surface area contributed by atoms with E-state index in [4.69, 9.17) is 5.73 Å². The van der Waals surface area contributed by atoms with Gasteiger partial charge in [-0.05, 0) is 6.42 Å².